The van der Waals surface area contributed by atoms with Crippen molar-refractivity contribution >= 4 is 11.0 Å². The van der Waals surface area contributed by atoms with E-state index in [0.717, 1.165) is 62.3 Å². The maximum Gasteiger partial charge on any atom is 0.276 e. The predicted molar refractivity (Wildman–Crippen MR) is 124 cm³/mol. The van der Waals surface area contributed by atoms with Crippen LogP contribution in [0.1, 0.15) is 57.1 Å². The zero-order valence-electron chi connectivity index (χ0n) is 18.8. The minimum atomic E-state index is -0.121. The lowest BCUT2D eigenvalue weighted by molar-refractivity contribution is 0.180. The van der Waals surface area contributed by atoms with Gasteiger partial charge < -0.3 is 19.0 Å². The number of benzene rings is 1. The van der Waals surface area contributed by atoms with E-state index >= 15 is 0 Å². The van der Waals surface area contributed by atoms with Crippen LogP contribution < -0.4 is 15.0 Å². The summed E-state index contributed by atoms with van der Waals surface area (Å²) in [5.74, 6) is 1.74. The fraction of sp³-hybridized carbons (Fsp3) is 0.520. The highest BCUT2D eigenvalue weighted by molar-refractivity contribution is 5.73. The molecular formula is C25H32N4O3. The number of nitrogens with one attached hydrogen (secondary N) is 1. The average Bonchev–Trinajstić information content (AvgIpc) is 3.47. The molecule has 7 heteroatoms. The van der Waals surface area contributed by atoms with Crippen molar-refractivity contribution in [2.75, 3.05) is 19.7 Å². The van der Waals surface area contributed by atoms with Gasteiger partial charge in [0.2, 0.25) is 0 Å². The third-order valence-corrected chi connectivity index (χ3v) is 6.76. The molecular weight excluding hydrogens is 404 g/mol. The minimum absolute atomic E-state index is 0.121. The number of piperidine rings is 1. The number of aromatic nitrogens is 3. The van der Waals surface area contributed by atoms with Crippen LogP contribution in [0.15, 0.2) is 41.6 Å². The molecule has 0 atom stereocenters. The van der Waals surface area contributed by atoms with Gasteiger partial charge in [0.15, 0.2) is 17.0 Å². The number of fused-ring (bicyclic) bond motifs is 1. The molecule has 1 aliphatic carbocycles. The largest absolute Gasteiger partial charge is 0.490 e. The zero-order chi connectivity index (χ0) is 21.9. The Bertz CT molecular complexity index is 1110. The fourth-order valence-corrected chi connectivity index (χ4v) is 5.08. The van der Waals surface area contributed by atoms with Gasteiger partial charge in [-0.25, -0.2) is 4.98 Å². The molecule has 32 heavy (non-hydrogen) atoms. The molecule has 2 aliphatic rings. The number of likely N-dealkylation sites (tertiary alicyclic amines) is 1. The Morgan fingerprint density at radius 2 is 1.91 bits per heavy atom. The molecule has 0 amide bonds. The first-order valence-corrected chi connectivity index (χ1v) is 11.9. The summed E-state index contributed by atoms with van der Waals surface area (Å²) in [4.78, 5) is 21.5. The quantitative estimate of drug-likeness (QED) is 0.598. The number of hydrogen-bond donors (Lipinski definition) is 1. The summed E-state index contributed by atoms with van der Waals surface area (Å²) in [7, 11) is 0. The number of imidazole rings is 1. The van der Waals surface area contributed by atoms with Crippen LogP contribution in [-0.2, 0) is 6.54 Å². The fourth-order valence-electron chi connectivity index (χ4n) is 5.08. The molecule has 1 saturated heterocycles. The average molecular weight is 437 g/mol. The number of nitrogens with zero attached hydrogens (tertiary/aromatic N) is 3. The zero-order valence-corrected chi connectivity index (χ0v) is 18.8. The second kappa shape index (κ2) is 9.36. The summed E-state index contributed by atoms with van der Waals surface area (Å²) in [6.45, 7) is 5.58. The van der Waals surface area contributed by atoms with Crippen molar-refractivity contribution < 1.29 is 9.47 Å². The first kappa shape index (κ1) is 21.1. The van der Waals surface area contributed by atoms with Crippen LogP contribution in [-0.4, -0.2) is 45.2 Å². The highest BCUT2D eigenvalue weighted by Gasteiger charge is 2.23. The molecule has 1 saturated carbocycles. The topological polar surface area (TPSA) is 72.4 Å². The number of rotatable bonds is 7. The summed E-state index contributed by atoms with van der Waals surface area (Å²) >= 11 is 0. The Morgan fingerprint density at radius 1 is 1.09 bits per heavy atom. The Balaban J connectivity index is 1.23. The van der Waals surface area contributed by atoms with Crippen molar-refractivity contribution in [1.29, 1.82) is 0 Å². The Kier molecular flexibility index (Phi) is 6.17. The molecule has 1 aromatic carbocycles. The van der Waals surface area contributed by atoms with Gasteiger partial charge in [0.25, 0.3) is 5.56 Å². The maximum atomic E-state index is 12.0. The summed E-state index contributed by atoms with van der Waals surface area (Å²) in [6, 6.07) is 8.73. The number of aromatic amines is 1. The van der Waals surface area contributed by atoms with Gasteiger partial charge in [0.1, 0.15) is 0 Å². The first-order chi connectivity index (χ1) is 15.7. The monoisotopic (exact) mass is 436 g/mol. The second-order valence-electron chi connectivity index (χ2n) is 8.94. The normalized spacial score (nSPS) is 18.4. The first-order valence-electron chi connectivity index (χ1n) is 11.9. The van der Waals surface area contributed by atoms with E-state index in [1.54, 1.807) is 6.20 Å². The van der Waals surface area contributed by atoms with Gasteiger partial charge in [-0.2, -0.15) is 0 Å². The van der Waals surface area contributed by atoms with Gasteiger partial charge in [-0.1, -0.05) is 6.07 Å². The number of pyridine rings is 1. The van der Waals surface area contributed by atoms with Gasteiger partial charge in [0, 0.05) is 31.9 Å². The van der Waals surface area contributed by atoms with Crippen LogP contribution in [0, 0.1) is 0 Å². The predicted octanol–water partition coefficient (Wildman–Crippen LogP) is 4.28. The van der Waals surface area contributed by atoms with Crippen LogP contribution in [0.3, 0.4) is 0 Å². The van der Waals surface area contributed by atoms with E-state index in [4.69, 9.17) is 9.47 Å². The van der Waals surface area contributed by atoms with Crippen molar-refractivity contribution in [2.45, 2.75) is 64.1 Å². The molecule has 2 fully saturated rings. The van der Waals surface area contributed by atoms with E-state index in [0.29, 0.717) is 24.3 Å². The molecule has 2 aromatic heterocycles. The van der Waals surface area contributed by atoms with Crippen LogP contribution in [0.25, 0.3) is 11.0 Å². The van der Waals surface area contributed by atoms with E-state index < -0.39 is 0 Å². The SMILES string of the molecule is CCOc1cc(CN2CCC(n3cnc4c(=O)[nH]ccc43)CC2)ccc1OC1CCCC1. The van der Waals surface area contributed by atoms with Crippen molar-refractivity contribution in [3.63, 3.8) is 0 Å². The number of hydrogen-bond acceptors (Lipinski definition) is 5. The molecule has 0 bridgehead atoms. The van der Waals surface area contributed by atoms with E-state index in [-0.39, 0.29) is 5.56 Å². The highest BCUT2D eigenvalue weighted by Crippen LogP contribution is 2.33. The maximum absolute atomic E-state index is 12.0. The van der Waals surface area contributed by atoms with Crippen LogP contribution >= 0.6 is 0 Å². The molecule has 1 N–H and O–H groups in total. The van der Waals surface area contributed by atoms with E-state index in [1.165, 1.54) is 18.4 Å². The smallest absolute Gasteiger partial charge is 0.276 e. The molecule has 0 unspecified atom stereocenters. The van der Waals surface area contributed by atoms with E-state index in [9.17, 15) is 4.79 Å². The molecule has 3 aromatic rings. The number of ether oxygens (including phenoxy) is 2. The summed E-state index contributed by atoms with van der Waals surface area (Å²) in [6.07, 6.45) is 10.7. The van der Waals surface area contributed by atoms with Crippen molar-refractivity contribution in [3.05, 3.63) is 52.7 Å². The Labute approximate surface area is 188 Å². The van der Waals surface area contributed by atoms with Gasteiger partial charge in [-0.15, -0.1) is 0 Å². The van der Waals surface area contributed by atoms with Gasteiger partial charge in [-0.3, -0.25) is 9.69 Å². The minimum Gasteiger partial charge on any atom is -0.490 e. The second-order valence-corrected chi connectivity index (χ2v) is 8.94. The van der Waals surface area contributed by atoms with Crippen molar-refractivity contribution in [3.8, 4) is 11.5 Å². The third-order valence-electron chi connectivity index (χ3n) is 6.76. The van der Waals surface area contributed by atoms with Crippen LogP contribution in [0.5, 0.6) is 11.5 Å². The molecule has 0 radical (unpaired) electrons. The lowest BCUT2D eigenvalue weighted by atomic mass is 10.0. The molecule has 5 rings (SSSR count). The Hall–Kier alpha value is -2.80. The van der Waals surface area contributed by atoms with Gasteiger partial charge in [0.05, 0.1) is 24.6 Å². The molecule has 7 nitrogen and oxygen atoms in total. The van der Waals surface area contributed by atoms with Crippen molar-refractivity contribution in [1.82, 2.24) is 19.4 Å². The van der Waals surface area contributed by atoms with E-state index in [1.807, 2.05) is 19.3 Å². The summed E-state index contributed by atoms with van der Waals surface area (Å²) < 4.78 is 14.3. The number of H-pyrrole nitrogens is 1. The molecule has 0 spiro atoms. The molecule has 1 aliphatic heterocycles. The van der Waals surface area contributed by atoms with Crippen LogP contribution in [0.4, 0.5) is 0 Å². The van der Waals surface area contributed by atoms with Crippen LogP contribution in [0.2, 0.25) is 0 Å². The lowest BCUT2D eigenvalue weighted by Gasteiger charge is -2.33. The summed E-state index contributed by atoms with van der Waals surface area (Å²) in [5.41, 5.74) is 2.58. The molecule has 3 heterocycles. The van der Waals surface area contributed by atoms with Crippen molar-refractivity contribution in [2.24, 2.45) is 0 Å². The third kappa shape index (κ3) is 4.39. The highest BCUT2D eigenvalue weighted by atomic mass is 16.5. The van der Waals surface area contributed by atoms with E-state index in [2.05, 4.69) is 37.6 Å². The van der Waals surface area contributed by atoms with Gasteiger partial charge in [-0.05, 0) is 69.2 Å². The lowest BCUT2D eigenvalue weighted by Crippen LogP contribution is -2.34. The standard InChI is InChI=1S/C25H32N4O3/c1-2-31-23-15-18(7-8-22(23)32-20-5-3-4-6-20)16-28-13-10-19(11-14-28)29-17-27-24-21(29)9-12-26-25(24)30/h7-9,12,15,17,19-20H,2-6,10-11,13-14,16H2,1H3,(H,26,30). The van der Waals surface area contributed by atoms with Gasteiger partial charge >= 0.3 is 0 Å². The Morgan fingerprint density at radius 3 is 2.69 bits per heavy atom. The molecule has 170 valence electrons. The summed E-state index contributed by atoms with van der Waals surface area (Å²) in [5, 5.41) is 0.